The molecule has 1 aromatic carbocycles. The van der Waals surface area contributed by atoms with Gasteiger partial charge in [-0.25, -0.2) is 40.0 Å². The highest BCUT2D eigenvalue weighted by molar-refractivity contribution is 9.10. The summed E-state index contributed by atoms with van der Waals surface area (Å²) in [6.07, 6.45) is -1.07. The van der Waals surface area contributed by atoms with Crippen molar-refractivity contribution in [2.75, 3.05) is 16.2 Å². The molecule has 2 rings (SSSR count). The first kappa shape index (κ1) is 21.9. The molecule has 148 valence electrons. The number of hydrogen-bond donors (Lipinski definition) is 0. The van der Waals surface area contributed by atoms with Crippen LogP contribution in [-0.2, 0) is 20.0 Å². The topological polar surface area (TPSA) is 97.3 Å². The molecule has 0 saturated heterocycles. The van der Waals surface area contributed by atoms with Crippen molar-refractivity contribution in [2.45, 2.75) is 6.43 Å². The molecule has 0 N–H and O–H groups in total. The molecular weight excluding hydrogens is 499 g/mol. The molecule has 14 heteroatoms. The molecule has 0 amide bonds. The Kier molecular flexibility index (Phi) is 6.09. The molecule has 0 bridgehead atoms. The van der Waals surface area contributed by atoms with Crippen LogP contribution < -0.4 is 3.71 Å². The second-order valence-corrected chi connectivity index (χ2v) is 10.4. The highest BCUT2D eigenvalue weighted by Gasteiger charge is 2.31. The molecule has 0 saturated carbocycles. The highest BCUT2D eigenvalue weighted by Crippen LogP contribution is 2.39. The molecule has 2 aromatic rings. The summed E-state index contributed by atoms with van der Waals surface area (Å²) in [7, 11) is -8.67. The summed E-state index contributed by atoms with van der Waals surface area (Å²) in [6.45, 7) is 0. The Morgan fingerprint density at radius 3 is 2.15 bits per heavy atom. The molecule has 0 atom stereocenters. The van der Waals surface area contributed by atoms with E-state index >= 15 is 0 Å². The van der Waals surface area contributed by atoms with Crippen molar-refractivity contribution in [3.8, 4) is 11.3 Å². The molecule has 0 radical (unpaired) electrons. The van der Waals surface area contributed by atoms with Gasteiger partial charge in [0, 0.05) is 10.0 Å². The average Bonchev–Trinajstić information content (AvgIpc) is 2.47. The summed E-state index contributed by atoms with van der Waals surface area (Å²) in [5.41, 5.74) is -2.26. The largest absolute Gasteiger partial charge is 0.281 e. The van der Waals surface area contributed by atoms with Gasteiger partial charge >= 0.3 is 0 Å². The molecule has 7 nitrogen and oxygen atoms in total. The first-order valence-corrected chi connectivity index (χ1v) is 11.6. The molecule has 1 aromatic heterocycles. The van der Waals surface area contributed by atoms with Crippen molar-refractivity contribution >= 4 is 53.3 Å². The van der Waals surface area contributed by atoms with Gasteiger partial charge < -0.3 is 0 Å². The number of rotatable bonds is 5. The van der Waals surface area contributed by atoms with Crippen molar-refractivity contribution < 1.29 is 30.0 Å². The van der Waals surface area contributed by atoms with E-state index in [1.165, 1.54) is 0 Å². The lowest BCUT2D eigenvalue weighted by Gasteiger charge is -2.22. The van der Waals surface area contributed by atoms with Crippen molar-refractivity contribution in [1.29, 1.82) is 0 Å². The van der Waals surface area contributed by atoms with Gasteiger partial charge in [-0.15, -0.1) is 0 Å². The van der Waals surface area contributed by atoms with Crippen LogP contribution in [0.25, 0.3) is 11.3 Å². The second-order valence-electron chi connectivity index (χ2n) is 5.23. The van der Waals surface area contributed by atoms with Gasteiger partial charge in [0.15, 0.2) is 0 Å². The SMILES string of the molecule is CS(=O)(=O)N(c1cc(-c2ncnc(C(F)F)c2Cl)c(F)cc1Br)S(C)(=O)=O. The summed E-state index contributed by atoms with van der Waals surface area (Å²) < 4.78 is 88.0. The van der Waals surface area contributed by atoms with Crippen molar-refractivity contribution in [3.05, 3.63) is 39.5 Å². The fraction of sp³-hybridized carbons (Fsp3) is 0.231. The minimum Gasteiger partial charge on any atom is -0.235 e. The van der Waals surface area contributed by atoms with E-state index in [1.54, 1.807) is 0 Å². The maximum atomic E-state index is 14.4. The number of nitrogens with zero attached hydrogens (tertiary/aromatic N) is 3. The number of anilines is 1. The Labute approximate surface area is 166 Å². The molecule has 0 unspecified atom stereocenters. The van der Waals surface area contributed by atoms with Crippen LogP contribution in [0.2, 0.25) is 5.02 Å². The number of hydrogen-bond acceptors (Lipinski definition) is 6. The predicted octanol–water partition coefficient (Wildman–Crippen LogP) is 3.36. The predicted molar refractivity (Wildman–Crippen MR) is 97.3 cm³/mol. The van der Waals surface area contributed by atoms with Gasteiger partial charge in [-0.2, -0.15) is 3.71 Å². The van der Waals surface area contributed by atoms with E-state index < -0.39 is 60.0 Å². The van der Waals surface area contributed by atoms with Crippen LogP contribution in [0.4, 0.5) is 18.9 Å². The number of halogens is 5. The van der Waals surface area contributed by atoms with Crippen LogP contribution in [0, 0.1) is 5.82 Å². The zero-order valence-electron chi connectivity index (χ0n) is 13.5. The minimum absolute atomic E-state index is 0.0656. The zero-order chi connectivity index (χ0) is 20.7. The van der Waals surface area contributed by atoms with E-state index in [0.29, 0.717) is 12.5 Å². The minimum atomic E-state index is -4.33. The molecule has 1 heterocycles. The fourth-order valence-corrected chi connectivity index (χ4v) is 6.18. The van der Waals surface area contributed by atoms with Crippen LogP contribution >= 0.6 is 27.5 Å². The van der Waals surface area contributed by atoms with E-state index in [2.05, 4.69) is 25.9 Å². The summed E-state index contributed by atoms with van der Waals surface area (Å²) in [4.78, 5) is 6.98. The maximum absolute atomic E-state index is 14.4. The normalized spacial score (nSPS) is 12.4. The number of benzene rings is 1. The van der Waals surface area contributed by atoms with Gasteiger partial charge in [-0.3, -0.25) is 0 Å². The van der Waals surface area contributed by atoms with Crippen molar-refractivity contribution in [3.63, 3.8) is 0 Å². The van der Waals surface area contributed by atoms with Gasteiger partial charge in [-0.1, -0.05) is 11.6 Å². The summed E-state index contributed by atoms with van der Waals surface area (Å²) in [6, 6.07) is 1.60. The molecule has 27 heavy (non-hydrogen) atoms. The third-order valence-electron chi connectivity index (χ3n) is 3.11. The fourth-order valence-electron chi connectivity index (χ4n) is 2.19. The van der Waals surface area contributed by atoms with Gasteiger partial charge in [0.05, 0.1) is 28.9 Å². The first-order chi connectivity index (χ1) is 12.2. The second kappa shape index (κ2) is 7.53. The maximum Gasteiger partial charge on any atom is 0.281 e. The summed E-state index contributed by atoms with van der Waals surface area (Å²) in [5.74, 6) is -1.01. The van der Waals surface area contributed by atoms with E-state index in [4.69, 9.17) is 11.6 Å². The Morgan fingerprint density at radius 1 is 1.11 bits per heavy atom. The van der Waals surface area contributed by atoms with E-state index in [0.717, 1.165) is 18.5 Å². The Morgan fingerprint density at radius 2 is 1.67 bits per heavy atom. The van der Waals surface area contributed by atoms with E-state index in [1.807, 2.05) is 0 Å². The van der Waals surface area contributed by atoms with Crippen LogP contribution in [0.3, 0.4) is 0 Å². The lowest BCUT2D eigenvalue weighted by molar-refractivity contribution is 0.146. The average molecular weight is 509 g/mol. The Balaban J connectivity index is 2.84. The van der Waals surface area contributed by atoms with Crippen LogP contribution in [0.15, 0.2) is 22.9 Å². The third kappa shape index (κ3) is 4.52. The highest BCUT2D eigenvalue weighted by atomic mass is 79.9. The van der Waals surface area contributed by atoms with E-state index in [9.17, 15) is 30.0 Å². The Hall–Kier alpha value is -1.44. The van der Waals surface area contributed by atoms with Crippen LogP contribution in [0.5, 0.6) is 0 Å². The third-order valence-corrected chi connectivity index (χ3v) is 7.34. The Bertz CT molecular complexity index is 1080. The number of sulfonamides is 2. The van der Waals surface area contributed by atoms with Crippen molar-refractivity contribution in [1.82, 2.24) is 9.97 Å². The van der Waals surface area contributed by atoms with Crippen molar-refractivity contribution in [2.24, 2.45) is 0 Å². The van der Waals surface area contributed by atoms with Crippen LogP contribution in [-0.4, -0.2) is 39.3 Å². The zero-order valence-corrected chi connectivity index (χ0v) is 17.5. The molecule has 0 aliphatic heterocycles. The number of aromatic nitrogens is 2. The van der Waals surface area contributed by atoms with Crippen LogP contribution in [0.1, 0.15) is 12.1 Å². The molecular formula is C13H10BrClF3N3O4S2. The van der Waals surface area contributed by atoms with Gasteiger partial charge in [0.1, 0.15) is 17.8 Å². The quantitative estimate of drug-likeness (QED) is 0.614. The first-order valence-electron chi connectivity index (χ1n) is 6.73. The molecule has 0 fully saturated rings. The molecule has 0 aliphatic carbocycles. The lowest BCUT2D eigenvalue weighted by atomic mass is 10.1. The number of alkyl halides is 2. The standard InChI is InChI=1S/C13H10BrClF3N3O4S2/c1-26(22,23)21(27(2,24)25)9-3-6(8(16)4-7(9)14)11-10(15)12(13(17)18)20-5-19-11/h3-5,13H,1-2H3. The van der Waals surface area contributed by atoms with E-state index in [-0.39, 0.29) is 8.18 Å². The smallest absolute Gasteiger partial charge is 0.235 e. The van der Waals surface area contributed by atoms with Gasteiger partial charge in [-0.05, 0) is 28.1 Å². The van der Waals surface area contributed by atoms with Gasteiger partial charge in [0.2, 0.25) is 20.0 Å². The van der Waals surface area contributed by atoms with Gasteiger partial charge in [0.25, 0.3) is 6.43 Å². The summed E-state index contributed by atoms with van der Waals surface area (Å²) >= 11 is 8.73. The monoisotopic (exact) mass is 507 g/mol. The lowest BCUT2D eigenvalue weighted by Crippen LogP contribution is -2.35. The molecule has 0 spiro atoms. The summed E-state index contributed by atoms with van der Waals surface area (Å²) in [5, 5.41) is -0.648. The molecule has 0 aliphatic rings.